The lowest BCUT2D eigenvalue weighted by Crippen LogP contribution is -2.05. The number of nitrogens with zero attached hydrogens (tertiary/aromatic N) is 1. The molecule has 1 heterocycles. The van der Waals surface area contributed by atoms with Crippen LogP contribution in [0.5, 0.6) is 0 Å². The second-order valence-corrected chi connectivity index (χ2v) is 3.18. The molecule has 3 heteroatoms. The van der Waals surface area contributed by atoms with Crippen LogP contribution in [-0.4, -0.2) is 15.2 Å². The van der Waals surface area contributed by atoms with E-state index >= 15 is 0 Å². The van der Waals surface area contributed by atoms with Crippen molar-refractivity contribution in [3.05, 3.63) is 28.1 Å². The fraction of sp³-hybridized carbons (Fsp3) is 0.500. The molecule has 0 aliphatic carbocycles. The molecule has 72 valence electrons. The summed E-state index contributed by atoms with van der Waals surface area (Å²) in [4.78, 5) is 4.26. The van der Waals surface area contributed by atoms with Gasteiger partial charge in [0.25, 0.3) is 0 Å². The van der Waals surface area contributed by atoms with Gasteiger partial charge in [0, 0.05) is 22.5 Å². The summed E-state index contributed by atoms with van der Waals surface area (Å²) in [6, 6.07) is 0. The van der Waals surface area contributed by atoms with E-state index in [9.17, 15) is 0 Å². The number of rotatable bonds is 2. The van der Waals surface area contributed by atoms with Crippen molar-refractivity contribution >= 4 is 0 Å². The third kappa shape index (κ3) is 1.71. The first-order chi connectivity index (χ1) is 6.11. The second kappa shape index (κ2) is 3.85. The summed E-state index contributed by atoms with van der Waals surface area (Å²) in [5, 5.41) is 18.2. The van der Waals surface area contributed by atoms with Crippen molar-refractivity contribution in [2.24, 2.45) is 0 Å². The highest BCUT2D eigenvalue weighted by Gasteiger charge is 2.10. The molecule has 0 aliphatic rings. The van der Waals surface area contributed by atoms with Gasteiger partial charge in [0.2, 0.25) is 0 Å². The summed E-state index contributed by atoms with van der Waals surface area (Å²) < 4.78 is 0. The SMILES string of the molecule is Cc1nc(C)c(CO)c(C)c1CO. The van der Waals surface area contributed by atoms with Gasteiger partial charge < -0.3 is 10.2 Å². The van der Waals surface area contributed by atoms with Crippen LogP contribution in [0, 0.1) is 20.8 Å². The molecular weight excluding hydrogens is 166 g/mol. The van der Waals surface area contributed by atoms with Crippen molar-refractivity contribution < 1.29 is 10.2 Å². The highest BCUT2D eigenvalue weighted by Crippen LogP contribution is 2.19. The van der Waals surface area contributed by atoms with E-state index in [0.29, 0.717) is 0 Å². The zero-order valence-corrected chi connectivity index (χ0v) is 8.26. The number of hydrogen-bond acceptors (Lipinski definition) is 3. The molecule has 0 atom stereocenters. The van der Waals surface area contributed by atoms with Crippen molar-refractivity contribution in [3.63, 3.8) is 0 Å². The van der Waals surface area contributed by atoms with Crippen molar-refractivity contribution in [3.8, 4) is 0 Å². The Kier molecular flexibility index (Phi) is 3.01. The van der Waals surface area contributed by atoms with E-state index in [1.54, 1.807) is 0 Å². The van der Waals surface area contributed by atoms with E-state index in [1.165, 1.54) is 0 Å². The minimum absolute atomic E-state index is 0.0159. The second-order valence-electron chi connectivity index (χ2n) is 3.18. The first-order valence-corrected chi connectivity index (χ1v) is 4.29. The van der Waals surface area contributed by atoms with Gasteiger partial charge in [-0.2, -0.15) is 0 Å². The Hall–Kier alpha value is -0.930. The Morgan fingerprint density at radius 2 is 1.31 bits per heavy atom. The molecule has 0 radical (unpaired) electrons. The number of pyridine rings is 1. The molecule has 1 aromatic heterocycles. The lowest BCUT2D eigenvalue weighted by molar-refractivity contribution is 0.271. The Morgan fingerprint density at radius 3 is 1.62 bits per heavy atom. The van der Waals surface area contributed by atoms with Crippen LogP contribution in [0.2, 0.25) is 0 Å². The molecule has 1 rings (SSSR count). The standard InChI is InChI=1S/C10H15NO2/c1-6-9(4-12)7(2)11-8(3)10(6)5-13/h12-13H,4-5H2,1-3H3. The smallest absolute Gasteiger partial charge is 0.0702 e. The van der Waals surface area contributed by atoms with Crippen LogP contribution in [0.25, 0.3) is 0 Å². The molecule has 3 nitrogen and oxygen atoms in total. The molecule has 0 spiro atoms. The third-order valence-electron chi connectivity index (χ3n) is 2.43. The van der Waals surface area contributed by atoms with Crippen molar-refractivity contribution in [1.82, 2.24) is 4.98 Å². The quantitative estimate of drug-likeness (QED) is 0.715. The highest BCUT2D eigenvalue weighted by molar-refractivity contribution is 5.38. The molecule has 0 amide bonds. The predicted molar refractivity (Wildman–Crippen MR) is 50.3 cm³/mol. The molecule has 0 fully saturated rings. The van der Waals surface area contributed by atoms with Crippen LogP contribution in [-0.2, 0) is 13.2 Å². The average molecular weight is 181 g/mol. The molecule has 0 saturated carbocycles. The van der Waals surface area contributed by atoms with Gasteiger partial charge in [0.05, 0.1) is 13.2 Å². The molecule has 13 heavy (non-hydrogen) atoms. The fourth-order valence-electron chi connectivity index (χ4n) is 1.58. The van der Waals surface area contributed by atoms with Crippen molar-refractivity contribution in [1.29, 1.82) is 0 Å². The number of aryl methyl sites for hydroxylation is 2. The number of aliphatic hydroxyl groups excluding tert-OH is 2. The monoisotopic (exact) mass is 181 g/mol. The van der Waals surface area contributed by atoms with E-state index in [2.05, 4.69) is 4.98 Å². The van der Waals surface area contributed by atoms with Gasteiger partial charge in [0.1, 0.15) is 0 Å². The van der Waals surface area contributed by atoms with Gasteiger partial charge in [-0.25, -0.2) is 0 Å². The summed E-state index contributed by atoms with van der Waals surface area (Å²) >= 11 is 0. The minimum Gasteiger partial charge on any atom is -0.392 e. The van der Waals surface area contributed by atoms with Gasteiger partial charge in [0.15, 0.2) is 0 Å². The predicted octanol–water partition coefficient (Wildman–Crippen LogP) is 0.991. The molecule has 0 aliphatic heterocycles. The van der Waals surface area contributed by atoms with Gasteiger partial charge in [-0.05, 0) is 26.3 Å². The Balaban J connectivity index is 3.39. The lowest BCUT2D eigenvalue weighted by Gasteiger charge is -2.12. The Morgan fingerprint density at radius 1 is 0.923 bits per heavy atom. The third-order valence-corrected chi connectivity index (χ3v) is 2.43. The van der Waals surface area contributed by atoms with Gasteiger partial charge in [-0.3, -0.25) is 4.98 Å². The molecule has 1 aromatic rings. The van der Waals surface area contributed by atoms with Crippen LogP contribution in [0.4, 0.5) is 0 Å². The molecule has 0 unspecified atom stereocenters. The van der Waals surface area contributed by atoms with Crippen LogP contribution in [0.15, 0.2) is 0 Å². The maximum absolute atomic E-state index is 9.09. The topological polar surface area (TPSA) is 53.4 Å². The molecule has 2 N–H and O–H groups in total. The van der Waals surface area contributed by atoms with Crippen LogP contribution < -0.4 is 0 Å². The maximum atomic E-state index is 9.09. The summed E-state index contributed by atoms with van der Waals surface area (Å²) in [6.45, 7) is 5.61. The highest BCUT2D eigenvalue weighted by atomic mass is 16.3. The van der Waals surface area contributed by atoms with E-state index in [-0.39, 0.29) is 13.2 Å². The summed E-state index contributed by atoms with van der Waals surface area (Å²) in [5.74, 6) is 0. The minimum atomic E-state index is -0.0159. The Bertz CT molecular complexity index is 293. The zero-order valence-electron chi connectivity index (χ0n) is 8.26. The first-order valence-electron chi connectivity index (χ1n) is 4.29. The average Bonchev–Trinajstić information content (AvgIpc) is 2.04. The number of aromatic nitrogens is 1. The molecular formula is C10H15NO2. The molecule has 0 aromatic carbocycles. The fourth-order valence-corrected chi connectivity index (χ4v) is 1.58. The zero-order chi connectivity index (χ0) is 10.0. The van der Waals surface area contributed by atoms with Gasteiger partial charge in [-0.15, -0.1) is 0 Å². The molecule has 0 bridgehead atoms. The number of hydrogen-bond donors (Lipinski definition) is 2. The number of aliphatic hydroxyl groups is 2. The van der Waals surface area contributed by atoms with E-state index < -0.39 is 0 Å². The molecule has 0 saturated heterocycles. The summed E-state index contributed by atoms with van der Waals surface area (Å²) in [6.07, 6.45) is 0. The van der Waals surface area contributed by atoms with E-state index in [4.69, 9.17) is 10.2 Å². The van der Waals surface area contributed by atoms with Gasteiger partial charge in [-0.1, -0.05) is 0 Å². The van der Waals surface area contributed by atoms with Gasteiger partial charge >= 0.3 is 0 Å². The first kappa shape index (κ1) is 10.2. The van der Waals surface area contributed by atoms with Crippen LogP contribution >= 0.6 is 0 Å². The largest absolute Gasteiger partial charge is 0.392 e. The maximum Gasteiger partial charge on any atom is 0.0702 e. The summed E-state index contributed by atoms with van der Waals surface area (Å²) in [7, 11) is 0. The van der Waals surface area contributed by atoms with E-state index in [0.717, 1.165) is 28.1 Å². The van der Waals surface area contributed by atoms with E-state index in [1.807, 2.05) is 20.8 Å². The van der Waals surface area contributed by atoms with Crippen LogP contribution in [0.3, 0.4) is 0 Å². The van der Waals surface area contributed by atoms with Crippen LogP contribution in [0.1, 0.15) is 28.1 Å². The summed E-state index contributed by atoms with van der Waals surface area (Å²) in [5.41, 5.74) is 4.30. The Labute approximate surface area is 78.1 Å². The lowest BCUT2D eigenvalue weighted by atomic mass is 10.0. The van der Waals surface area contributed by atoms with Crippen molar-refractivity contribution in [2.45, 2.75) is 34.0 Å². The van der Waals surface area contributed by atoms with Crippen molar-refractivity contribution in [2.75, 3.05) is 0 Å². The normalized spacial score (nSPS) is 10.5.